The first kappa shape index (κ1) is 18.4. The Kier molecular flexibility index (Phi) is 5.21. The van der Waals surface area contributed by atoms with Crippen LogP contribution < -0.4 is 4.74 Å². The molecule has 0 aliphatic carbocycles. The second-order valence-corrected chi connectivity index (χ2v) is 7.35. The molecule has 0 spiro atoms. The van der Waals surface area contributed by atoms with E-state index >= 15 is 0 Å². The van der Waals surface area contributed by atoms with E-state index in [9.17, 15) is 4.79 Å². The topological polar surface area (TPSA) is 54.8 Å². The molecule has 0 fully saturated rings. The summed E-state index contributed by atoms with van der Waals surface area (Å²) in [6.45, 7) is 0. The van der Waals surface area contributed by atoms with Gasteiger partial charge in [0, 0.05) is 23.3 Å². The second kappa shape index (κ2) is 7.94. The van der Waals surface area contributed by atoms with Crippen LogP contribution in [0.5, 0.6) is 5.75 Å². The largest absolute Gasteiger partial charge is 0.497 e. The molecule has 1 atom stereocenters. The van der Waals surface area contributed by atoms with Crippen LogP contribution in [0.3, 0.4) is 0 Å². The quantitative estimate of drug-likeness (QED) is 0.588. The van der Waals surface area contributed by atoms with Gasteiger partial charge in [-0.15, -0.1) is 0 Å². The number of benzene rings is 2. The van der Waals surface area contributed by atoms with Crippen LogP contribution in [0, 0.1) is 0 Å². The molecule has 0 saturated carbocycles. The zero-order chi connectivity index (χ0) is 19.5. The molecule has 0 bridgehead atoms. The molecule has 0 saturated heterocycles. The Morgan fingerprint density at radius 1 is 1.11 bits per heavy atom. The maximum atomic E-state index is 13.1. The van der Waals surface area contributed by atoms with Crippen LogP contribution in [0.2, 0.25) is 0 Å². The molecule has 2 heterocycles. The Hall–Kier alpha value is -2.99. The standard InChI is InChI=1S/C22H18BrN3O2/c1-28-19-10-6-16(7-11-19)21-13-20(15-4-8-18(23)9-5-15)25-26(21)22(27)17-3-2-12-24-14-17/h2-12,14,21H,13H2,1H3/t21-/m0/s1. The molecular formula is C22H18BrN3O2. The number of halogens is 1. The molecule has 1 aromatic heterocycles. The van der Waals surface area contributed by atoms with Crippen LogP contribution in [0.25, 0.3) is 0 Å². The van der Waals surface area contributed by atoms with E-state index in [4.69, 9.17) is 9.84 Å². The molecule has 6 heteroatoms. The van der Waals surface area contributed by atoms with E-state index in [-0.39, 0.29) is 11.9 Å². The molecular weight excluding hydrogens is 418 g/mol. The van der Waals surface area contributed by atoms with Gasteiger partial charge in [-0.25, -0.2) is 5.01 Å². The monoisotopic (exact) mass is 435 g/mol. The number of ether oxygens (including phenoxy) is 1. The van der Waals surface area contributed by atoms with Gasteiger partial charge in [0.05, 0.1) is 24.4 Å². The molecule has 0 unspecified atom stereocenters. The Balaban J connectivity index is 1.71. The predicted molar refractivity (Wildman–Crippen MR) is 111 cm³/mol. The Morgan fingerprint density at radius 2 is 1.86 bits per heavy atom. The number of pyridine rings is 1. The summed E-state index contributed by atoms with van der Waals surface area (Å²) < 4.78 is 6.26. The van der Waals surface area contributed by atoms with E-state index in [1.807, 2.05) is 48.5 Å². The summed E-state index contributed by atoms with van der Waals surface area (Å²) in [5.41, 5.74) is 3.41. The molecule has 5 nitrogen and oxygen atoms in total. The fourth-order valence-electron chi connectivity index (χ4n) is 3.22. The minimum Gasteiger partial charge on any atom is -0.497 e. The number of rotatable bonds is 4. The highest BCUT2D eigenvalue weighted by Gasteiger charge is 2.33. The van der Waals surface area contributed by atoms with Crippen molar-refractivity contribution in [3.05, 3.63) is 94.2 Å². The maximum absolute atomic E-state index is 13.1. The van der Waals surface area contributed by atoms with Gasteiger partial charge in [-0.05, 0) is 47.5 Å². The van der Waals surface area contributed by atoms with Crippen molar-refractivity contribution >= 4 is 27.5 Å². The number of methoxy groups -OCH3 is 1. The van der Waals surface area contributed by atoms with Gasteiger partial charge in [0.2, 0.25) is 0 Å². The van der Waals surface area contributed by atoms with Crippen molar-refractivity contribution in [3.8, 4) is 5.75 Å². The van der Waals surface area contributed by atoms with Crippen LogP contribution in [-0.4, -0.2) is 28.7 Å². The van der Waals surface area contributed by atoms with Crippen molar-refractivity contribution in [3.63, 3.8) is 0 Å². The smallest absolute Gasteiger partial charge is 0.276 e. The molecule has 4 rings (SSSR count). The Bertz CT molecular complexity index is 1000. The van der Waals surface area contributed by atoms with Crippen LogP contribution in [-0.2, 0) is 0 Å². The van der Waals surface area contributed by atoms with Gasteiger partial charge in [-0.2, -0.15) is 5.10 Å². The summed E-state index contributed by atoms with van der Waals surface area (Å²) in [5.74, 6) is 0.613. The minimum absolute atomic E-state index is 0.166. The summed E-state index contributed by atoms with van der Waals surface area (Å²) in [6, 6.07) is 19.1. The van der Waals surface area contributed by atoms with E-state index in [2.05, 4.69) is 20.9 Å². The normalized spacial score (nSPS) is 16.0. The Labute approximate surface area is 171 Å². The third kappa shape index (κ3) is 3.68. The van der Waals surface area contributed by atoms with Crippen molar-refractivity contribution in [2.24, 2.45) is 5.10 Å². The van der Waals surface area contributed by atoms with Gasteiger partial charge in [0.15, 0.2) is 0 Å². The lowest BCUT2D eigenvalue weighted by atomic mass is 9.98. The van der Waals surface area contributed by atoms with Gasteiger partial charge >= 0.3 is 0 Å². The van der Waals surface area contributed by atoms with Crippen LogP contribution in [0.4, 0.5) is 0 Å². The maximum Gasteiger partial charge on any atom is 0.276 e. The van der Waals surface area contributed by atoms with Crippen molar-refractivity contribution in [2.75, 3.05) is 7.11 Å². The molecule has 2 aromatic carbocycles. The zero-order valence-corrected chi connectivity index (χ0v) is 16.8. The lowest BCUT2D eigenvalue weighted by Gasteiger charge is -2.22. The van der Waals surface area contributed by atoms with E-state index in [0.717, 1.165) is 27.1 Å². The second-order valence-electron chi connectivity index (χ2n) is 6.44. The number of hydrogen-bond donors (Lipinski definition) is 0. The van der Waals surface area contributed by atoms with E-state index < -0.39 is 0 Å². The summed E-state index contributed by atoms with van der Waals surface area (Å²) >= 11 is 3.46. The van der Waals surface area contributed by atoms with Crippen molar-refractivity contribution < 1.29 is 9.53 Å². The lowest BCUT2D eigenvalue weighted by Crippen LogP contribution is -2.27. The summed E-state index contributed by atoms with van der Waals surface area (Å²) in [7, 11) is 1.64. The first-order chi connectivity index (χ1) is 13.7. The average Bonchev–Trinajstić information content (AvgIpc) is 3.20. The predicted octanol–water partition coefficient (Wildman–Crippen LogP) is 4.84. The Morgan fingerprint density at radius 3 is 2.50 bits per heavy atom. The van der Waals surface area contributed by atoms with E-state index in [1.165, 1.54) is 0 Å². The average molecular weight is 436 g/mol. The van der Waals surface area contributed by atoms with Gasteiger partial charge < -0.3 is 4.74 Å². The highest BCUT2D eigenvalue weighted by Crippen LogP contribution is 2.34. The molecule has 1 aliphatic rings. The first-order valence-corrected chi connectivity index (χ1v) is 9.66. The van der Waals surface area contributed by atoms with Crippen LogP contribution in [0.15, 0.2) is 82.6 Å². The van der Waals surface area contributed by atoms with Crippen molar-refractivity contribution in [1.29, 1.82) is 0 Å². The van der Waals surface area contributed by atoms with Crippen LogP contribution >= 0.6 is 15.9 Å². The lowest BCUT2D eigenvalue weighted by molar-refractivity contribution is 0.0710. The fraction of sp³-hybridized carbons (Fsp3) is 0.136. The van der Waals surface area contributed by atoms with E-state index in [0.29, 0.717) is 12.0 Å². The summed E-state index contributed by atoms with van der Waals surface area (Å²) in [6.07, 6.45) is 3.86. The SMILES string of the molecule is COc1ccc([C@@H]2CC(c3ccc(Br)cc3)=NN2C(=O)c2cccnc2)cc1. The van der Waals surface area contributed by atoms with Crippen molar-refractivity contribution in [1.82, 2.24) is 9.99 Å². The van der Waals surface area contributed by atoms with Crippen molar-refractivity contribution in [2.45, 2.75) is 12.5 Å². The molecule has 3 aromatic rings. The third-order valence-electron chi connectivity index (χ3n) is 4.70. The van der Waals surface area contributed by atoms with E-state index in [1.54, 1.807) is 36.6 Å². The number of aromatic nitrogens is 1. The molecule has 28 heavy (non-hydrogen) atoms. The highest BCUT2D eigenvalue weighted by molar-refractivity contribution is 9.10. The van der Waals surface area contributed by atoms with Gasteiger partial charge in [0.1, 0.15) is 5.75 Å². The fourth-order valence-corrected chi connectivity index (χ4v) is 3.49. The van der Waals surface area contributed by atoms with Gasteiger partial charge in [-0.3, -0.25) is 9.78 Å². The molecule has 0 N–H and O–H groups in total. The number of amides is 1. The summed E-state index contributed by atoms with van der Waals surface area (Å²) in [5, 5.41) is 6.26. The van der Waals surface area contributed by atoms with Gasteiger partial charge in [-0.1, -0.05) is 40.2 Å². The minimum atomic E-state index is -0.183. The highest BCUT2D eigenvalue weighted by atomic mass is 79.9. The van der Waals surface area contributed by atoms with Crippen LogP contribution in [0.1, 0.15) is 33.9 Å². The number of hydrogen-bond acceptors (Lipinski definition) is 4. The number of hydrazone groups is 1. The number of carbonyl (C=O) groups is 1. The number of nitrogens with zero attached hydrogens (tertiary/aromatic N) is 3. The molecule has 140 valence electrons. The molecule has 1 aliphatic heterocycles. The molecule has 0 radical (unpaired) electrons. The zero-order valence-electron chi connectivity index (χ0n) is 15.2. The summed E-state index contributed by atoms with van der Waals surface area (Å²) in [4.78, 5) is 17.2. The number of carbonyl (C=O) groups excluding carboxylic acids is 1. The first-order valence-electron chi connectivity index (χ1n) is 8.86. The third-order valence-corrected chi connectivity index (χ3v) is 5.23. The van der Waals surface area contributed by atoms with Gasteiger partial charge in [0.25, 0.3) is 5.91 Å². The molecule has 1 amide bonds.